The van der Waals surface area contributed by atoms with Crippen LogP contribution in [0.5, 0.6) is 5.75 Å². The lowest BCUT2D eigenvalue weighted by Gasteiger charge is -2.45. The van der Waals surface area contributed by atoms with Crippen molar-refractivity contribution in [3.05, 3.63) is 42.0 Å². The topological polar surface area (TPSA) is 101 Å². The number of carbonyl (C=O) groups excluding carboxylic acids is 3. The highest BCUT2D eigenvalue weighted by Gasteiger charge is 2.48. The first-order valence-corrected chi connectivity index (χ1v) is 7.90. The van der Waals surface area contributed by atoms with Gasteiger partial charge in [-0.3, -0.25) is 14.4 Å². The maximum absolute atomic E-state index is 12.7. The zero-order valence-electron chi connectivity index (χ0n) is 15.5. The van der Waals surface area contributed by atoms with Gasteiger partial charge in [-0.05, 0) is 58.0 Å². The summed E-state index contributed by atoms with van der Waals surface area (Å²) in [5.41, 5.74) is -1.95. The summed E-state index contributed by atoms with van der Waals surface area (Å²) in [6, 6.07) is 5.46. The molecule has 0 aliphatic carbocycles. The van der Waals surface area contributed by atoms with E-state index in [9.17, 15) is 19.2 Å². The molecule has 26 heavy (non-hydrogen) atoms. The molecule has 0 spiro atoms. The molecular weight excluding hydrogens is 338 g/mol. The second kappa shape index (κ2) is 7.95. The number of esters is 1. The van der Waals surface area contributed by atoms with Crippen LogP contribution < -0.4 is 4.74 Å². The smallest absolute Gasteiger partial charge is 0.335 e. The third-order valence-electron chi connectivity index (χ3n) is 4.84. The van der Waals surface area contributed by atoms with Gasteiger partial charge < -0.3 is 14.7 Å². The summed E-state index contributed by atoms with van der Waals surface area (Å²) in [7, 11) is 1.54. The number of benzene rings is 1. The number of amides is 1. The van der Waals surface area contributed by atoms with Gasteiger partial charge in [0.25, 0.3) is 0 Å². The maximum Gasteiger partial charge on any atom is 0.335 e. The molecule has 140 valence electrons. The van der Waals surface area contributed by atoms with Gasteiger partial charge in [-0.2, -0.15) is 0 Å². The van der Waals surface area contributed by atoms with Crippen LogP contribution in [-0.4, -0.2) is 46.7 Å². The SMILES string of the molecule is CN(C(=O)/C=C\C=O)C(C)(C)C(C)(C)C(=O)Oc1ccc(C(=O)O)cc1. The van der Waals surface area contributed by atoms with Crippen molar-refractivity contribution < 1.29 is 29.0 Å². The highest BCUT2D eigenvalue weighted by Crippen LogP contribution is 2.36. The number of allylic oxidation sites excluding steroid dienone is 1. The number of aldehydes is 1. The average Bonchev–Trinajstić information content (AvgIpc) is 2.58. The summed E-state index contributed by atoms with van der Waals surface area (Å²) >= 11 is 0. The second-order valence-corrected chi connectivity index (χ2v) is 6.80. The van der Waals surface area contributed by atoms with E-state index in [1.807, 2.05) is 0 Å². The standard InChI is InChI=1S/C19H23NO6/c1-18(2,19(3,4)20(5)15(22)7-6-12-21)17(25)26-14-10-8-13(9-11-14)16(23)24/h6-12H,1-5H3,(H,23,24)/b7-6-. The Morgan fingerprint density at radius 3 is 2.08 bits per heavy atom. The molecule has 0 bridgehead atoms. The van der Waals surface area contributed by atoms with Crippen molar-refractivity contribution in [2.75, 3.05) is 7.05 Å². The Labute approximate surface area is 152 Å². The monoisotopic (exact) mass is 361 g/mol. The van der Waals surface area contributed by atoms with Crippen LogP contribution in [0.2, 0.25) is 0 Å². The lowest BCUT2D eigenvalue weighted by atomic mass is 9.73. The lowest BCUT2D eigenvalue weighted by molar-refractivity contribution is -0.155. The number of hydrogen-bond acceptors (Lipinski definition) is 5. The number of carboxylic acids is 1. The number of carboxylic acid groups (broad SMARTS) is 1. The zero-order valence-corrected chi connectivity index (χ0v) is 15.5. The predicted molar refractivity (Wildman–Crippen MR) is 94.9 cm³/mol. The largest absolute Gasteiger partial charge is 0.478 e. The van der Waals surface area contributed by atoms with Crippen LogP contribution in [-0.2, 0) is 14.4 Å². The number of aromatic carboxylic acids is 1. The van der Waals surface area contributed by atoms with Crippen LogP contribution in [0.1, 0.15) is 38.1 Å². The van der Waals surface area contributed by atoms with Crippen molar-refractivity contribution in [2.45, 2.75) is 33.2 Å². The van der Waals surface area contributed by atoms with Crippen LogP contribution in [0, 0.1) is 5.41 Å². The highest BCUT2D eigenvalue weighted by molar-refractivity contribution is 5.92. The van der Waals surface area contributed by atoms with Crippen molar-refractivity contribution in [3.63, 3.8) is 0 Å². The van der Waals surface area contributed by atoms with Gasteiger partial charge in [0.2, 0.25) is 5.91 Å². The fourth-order valence-corrected chi connectivity index (χ4v) is 2.08. The van der Waals surface area contributed by atoms with E-state index in [4.69, 9.17) is 9.84 Å². The highest BCUT2D eigenvalue weighted by atomic mass is 16.5. The lowest BCUT2D eigenvalue weighted by Crippen LogP contribution is -2.58. The third kappa shape index (κ3) is 4.36. The average molecular weight is 361 g/mol. The molecule has 0 radical (unpaired) electrons. The summed E-state index contributed by atoms with van der Waals surface area (Å²) in [6.07, 6.45) is 2.71. The molecule has 0 fully saturated rings. The first kappa shape index (κ1) is 21.1. The molecule has 0 heterocycles. The molecule has 1 rings (SSSR count). The van der Waals surface area contributed by atoms with Crippen LogP contribution in [0.4, 0.5) is 0 Å². The van der Waals surface area contributed by atoms with Crippen LogP contribution >= 0.6 is 0 Å². The van der Waals surface area contributed by atoms with E-state index in [2.05, 4.69) is 0 Å². The Balaban J connectivity index is 3.00. The number of ether oxygens (including phenoxy) is 1. The van der Waals surface area contributed by atoms with E-state index in [0.29, 0.717) is 6.29 Å². The molecule has 0 aromatic heterocycles. The quantitative estimate of drug-likeness (QED) is 0.346. The van der Waals surface area contributed by atoms with Gasteiger partial charge >= 0.3 is 11.9 Å². The van der Waals surface area contributed by atoms with Gasteiger partial charge in [0.05, 0.1) is 16.5 Å². The zero-order chi connectivity index (χ0) is 20.1. The van der Waals surface area contributed by atoms with Gasteiger partial charge in [-0.15, -0.1) is 0 Å². The first-order chi connectivity index (χ1) is 11.9. The Bertz CT molecular complexity index is 731. The summed E-state index contributed by atoms with van der Waals surface area (Å²) < 4.78 is 5.37. The van der Waals surface area contributed by atoms with E-state index in [0.717, 1.165) is 12.2 Å². The molecule has 1 aromatic rings. The van der Waals surface area contributed by atoms with E-state index < -0.39 is 28.8 Å². The van der Waals surface area contributed by atoms with Gasteiger partial charge in [0.15, 0.2) is 0 Å². The van der Waals surface area contributed by atoms with E-state index >= 15 is 0 Å². The molecule has 7 heteroatoms. The van der Waals surface area contributed by atoms with Crippen molar-refractivity contribution in [2.24, 2.45) is 5.41 Å². The van der Waals surface area contributed by atoms with Crippen molar-refractivity contribution >= 4 is 24.1 Å². The predicted octanol–water partition coefficient (Wildman–Crippen LogP) is 2.31. The molecule has 0 aliphatic rings. The fourth-order valence-electron chi connectivity index (χ4n) is 2.08. The molecule has 1 aromatic carbocycles. The van der Waals surface area contributed by atoms with Crippen LogP contribution in [0.15, 0.2) is 36.4 Å². The minimum atomic E-state index is -1.10. The molecule has 0 unspecified atom stereocenters. The third-order valence-corrected chi connectivity index (χ3v) is 4.84. The number of carbonyl (C=O) groups is 4. The van der Waals surface area contributed by atoms with Crippen LogP contribution in [0.25, 0.3) is 0 Å². The maximum atomic E-state index is 12.7. The number of rotatable bonds is 7. The van der Waals surface area contributed by atoms with Crippen LogP contribution in [0.3, 0.4) is 0 Å². The minimum Gasteiger partial charge on any atom is -0.478 e. The molecule has 0 aliphatic heterocycles. The molecule has 1 amide bonds. The molecule has 0 atom stereocenters. The molecular formula is C19H23NO6. The molecule has 0 saturated heterocycles. The fraction of sp³-hybridized carbons (Fsp3) is 0.368. The second-order valence-electron chi connectivity index (χ2n) is 6.80. The van der Waals surface area contributed by atoms with E-state index in [1.54, 1.807) is 27.7 Å². The molecule has 0 saturated carbocycles. The first-order valence-electron chi connectivity index (χ1n) is 7.90. The number of likely N-dealkylation sites (N-methyl/N-ethyl adjacent to an activating group) is 1. The van der Waals surface area contributed by atoms with Gasteiger partial charge in [0.1, 0.15) is 12.0 Å². The summed E-state index contributed by atoms with van der Waals surface area (Å²) in [5, 5.41) is 8.90. The molecule has 7 nitrogen and oxygen atoms in total. The Morgan fingerprint density at radius 2 is 1.62 bits per heavy atom. The van der Waals surface area contributed by atoms with Crippen molar-refractivity contribution in [3.8, 4) is 5.75 Å². The molecule has 1 N–H and O–H groups in total. The van der Waals surface area contributed by atoms with Gasteiger partial charge in [0, 0.05) is 13.1 Å². The van der Waals surface area contributed by atoms with Gasteiger partial charge in [-0.25, -0.2) is 4.79 Å². The summed E-state index contributed by atoms with van der Waals surface area (Å²) in [5.74, 6) is -1.87. The Kier molecular flexibility index (Phi) is 6.44. The minimum absolute atomic E-state index is 0.0803. The number of hydrogen-bond donors (Lipinski definition) is 1. The summed E-state index contributed by atoms with van der Waals surface area (Å²) in [4.78, 5) is 47.5. The van der Waals surface area contributed by atoms with Crippen molar-refractivity contribution in [1.29, 1.82) is 0 Å². The Hall–Kier alpha value is -2.96. The van der Waals surface area contributed by atoms with Gasteiger partial charge in [-0.1, -0.05) is 0 Å². The Morgan fingerprint density at radius 1 is 1.08 bits per heavy atom. The summed E-state index contributed by atoms with van der Waals surface area (Å²) in [6.45, 7) is 6.73. The van der Waals surface area contributed by atoms with E-state index in [-0.39, 0.29) is 11.3 Å². The van der Waals surface area contributed by atoms with Crippen molar-refractivity contribution in [1.82, 2.24) is 4.90 Å². The normalized spacial score (nSPS) is 11.9. The van der Waals surface area contributed by atoms with E-state index in [1.165, 1.54) is 36.2 Å². The number of nitrogens with zero attached hydrogens (tertiary/aromatic N) is 1.